The summed E-state index contributed by atoms with van der Waals surface area (Å²) in [5.41, 5.74) is 1.15. The minimum absolute atomic E-state index is 0.000166. The number of rotatable bonds is 7. The Morgan fingerprint density at radius 1 is 1.33 bits per heavy atom. The molecule has 2 atom stereocenters. The number of hydrogen-bond acceptors (Lipinski definition) is 2. The molecule has 1 amide bonds. The molecule has 0 saturated heterocycles. The van der Waals surface area contributed by atoms with E-state index in [-0.39, 0.29) is 29.9 Å². The van der Waals surface area contributed by atoms with Crippen molar-refractivity contribution < 1.29 is 9.90 Å². The van der Waals surface area contributed by atoms with Crippen molar-refractivity contribution in [2.45, 2.75) is 45.6 Å². The predicted octanol–water partition coefficient (Wildman–Crippen LogP) is 3.26. The first-order valence-corrected chi connectivity index (χ1v) is 7.43. The van der Waals surface area contributed by atoms with Gasteiger partial charge in [0.2, 0.25) is 5.91 Å². The molecule has 0 fully saturated rings. The van der Waals surface area contributed by atoms with Crippen molar-refractivity contribution in [3.63, 3.8) is 0 Å². The molecule has 0 aliphatic carbocycles. The van der Waals surface area contributed by atoms with E-state index >= 15 is 0 Å². The van der Waals surface area contributed by atoms with Crippen molar-refractivity contribution in [2.75, 3.05) is 6.61 Å². The fourth-order valence-electron chi connectivity index (χ4n) is 2.42. The molecule has 0 bridgehead atoms. The molecule has 21 heavy (non-hydrogen) atoms. The third-order valence-electron chi connectivity index (χ3n) is 3.36. The van der Waals surface area contributed by atoms with Crippen molar-refractivity contribution in [2.24, 2.45) is 5.41 Å². The first-order valence-electron chi connectivity index (χ1n) is 7.43. The summed E-state index contributed by atoms with van der Waals surface area (Å²) in [7, 11) is 0. The molecule has 0 aromatic heterocycles. The van der Waals surface area contributed by atoms with Crippen molar-refractivity contribution >= 4 is 5.91 Å². The van der Waals surface area contributed by atoms with Gasteiger partial charge in [0.05, 0.1) is 12.6 Å². The fourth-order valence-corrected chi connectivity index (χ4v) is 2.42. The number of aliphatic hydroxyl groups excluding tert-OH is 1. The molecule has 0 aliphatic rings. The number of benzene rings is 1. The van der Waals surface area contributed by atoms with Crippen molar-refractivity contribution in [1.29, 1.82) is 0 Å². The summed E-state index contributed by atoms with van der Waals surface area (Å²) in [6.45, 7) is 10.1. The van der Waals surface area contributed by atoms with Gasteiger partial charge in [-0.15, -0.1) is 6.58 Å². The van der Waals surface area contributed by atoms with E-state index in [0.29, 0.717) is 6.42 Å². The topological polar surface area (TPSA) is 49.3 Å². The third-order valence-corrected chi connectivity index (χ3v) is 3.36. The molecule has 0 radical (unpaired) electrons. The molecule has 2 N–H and O–H groups in total. The lowest BCUT2D eigenvalue weighted by Crippen LogP contribution is -2.40. The minimum atomic E-state index is -0.196. The highest BCUT2D eigenvalue weighted by atomic mass is 16.3. The standard InChI is InChI=1S/C18H27NO2/c1-5-14(15-9-7-6-8-10-15)11-17(21)19-16(13-20)12-18(2,3)4/h5-10,14,16,20H,1,11-13H2,2-4H3,(H,19,21). The molecule has 0 saturated carbocycles. The first kappa shape index (κ1) is 17.4. The van der Waals surface area contributed by atoms with Gasteiger partial charge in [0.25, 0.3) is 0 Å². The van der Waals surface area contributed by atoms with Crippen molar-refractivity contribution in [1.82, 2.24) is 5.32 Å². The summed E-state index contributed by atoms with van der Waals surface area (Å²) in [6, 6.07) is 9.67. The zero-order valence-corrected chi connectivity index (χ0v) is 13.3. The summed E-state index contributed by atoms with van der Waals surface area (Å²) >= 11 is 0. The smallest absolute Gasteiger partial charge is 0.221 e. The zero-order valence-electron chi connectivity index (χ0n) is 13.3. The maximum Gasteiger partial charge on any atom is 0.221 e. The number of hydrogen-bond donors (Lipinski definition) is 2. The number of aliphatic hydroxyl groups is 1. The number of carbonyl (C=O) groups is 1. The van der Waals surface area contributed by atoms with Crippen LogP contribution in [-0.4, -0.2) is 23.7 Å². The van der Waals surface area contributed by atoms with Gasteiger partial charge in [0, 0.05) is 12.3 Å². The number of carbonyl (C=O) groups excluding carboxylic acids is 1. The van der Waals surface area contributed by atoms with Crippen molar-refractivity contribution in [3.05, 3.63) is 48.6 Å². The van der Waals surface area contributed by atoms with E-state index in [2.05, 4.69) is 32.7 Å². The largest absolute Gasteiger partial charge is 0.394 e. The van der Waals surface area contributed by atoms with E-state index in [4.69, 9.17) is 0 Å². The van der Waals surface area contributed by atoms with E-state index < -0.39 is 0 Å². The Kier molecular flexibility index (Phi) is 6.63. The molecule has 0 spiro atoms. The van der Waals surface area contributed by atoms with E-state index in [0.717, 1.165) is 12.0 Å². The Balaban J connectivity index is 2.60. The molecule has 0 aliphatic heterocycles. The number of allylic oxidation sites excluding steroid dienone is 1. The van der Waals surface area contributed by atoms with Gasteiger partial charge in [-0.3, -0.25) is 4.79 Å². The van der Waals surface area contributed by atoms with Gasteiger partial charge in [-0.25, -0.2) is 0 Å². The average molecular weight is 289 g/mol. The molecule has 1 rings (SSSR count). The van der Waals surface area contributed by atoms with Crippen LogP contribution >= 0.6 is 0 Å². The Morgan fingerprint density at radius 2 is 1.95 bits per heavy atom. The number of nitrogens with one attached hydrogen (secondary N) is 1. The van der Waals surface area contributed by atoms with Crippen LogP contribution in [0.4, 0.5) is 0 Å². The monoisotopic (exact) mass is 289 g/mol. The molecular formula is C18H27NO2. The van der Waals surface area contributed by atoms with Gasteiger partial charge in [0.15, 0.2) is 0 Å². The third kappa shape index (κ3) is 6.58. The molecule has 3 heteroatoms. The van der Waals surface area contributed by atoms with E-state index in [1.807, 2.05) is 30.3 Å². The second-order valence-electron chi connectivity index (χ2n) is 6.67. The molecule has 1 aromatic rings. The molecule has 0 heterocycles. The van der Waals surface area contributed by atoms with Gasteiger partial charge in [0.1, 0.15) is 0 Å². The lowest BCUT2D eigenvalue weighted by molar-refractivity contribution is -0.122. The molecule has 3 nitrogen and oxygen atoms in total. The molecular weight excluding hydrogens is 262 g/mol. The van der Waals surface area contributed by atoms with Crippen LogP contribution in [0.1, 0.15) is 45.1 Å². The first-order chi connectivity index (χ1) is 9.85. The lowest BCUT2D eigenvalue weighted by Gasteiger charge is -2.26. The Bertz CT molecular complexity index is 448. The quantitative estimate of drug-likeness (QED) is 0.757. The van der Waals surface area contributed by atoms with E-state index in [1.54, 1.807) is 6.08 Å². The van der Waals surface area contributed by atoms with Crippen molar-refractivity contribution in [3.8, 4) is 0 Å². The number of amides is 1. The maximum absolute atomic E-state index is 12.2. The Hall–Kier alpha value is -1.61. The maximum atomic E-state index is 12.2. The van der Waals surface area contributed by atoms with Crippen LogP contribution in [0.15, 0.2) is 43.0 Å². The van der Waals surface area contributed by atoms with Gasteiger partial charge < -0.3 is 10.4 Å². The SMILES string of the molecule is C=CC(CC(=O)NC(CO)CC(C)(C)C)c1ccccc1. The van der Waals surface area contributed by atoms with E-state index in [9.17, 15) is 9.90 Å². The van der Waals surface area contributed by atoms with Gasteiger partial charge in [-0.1, -0.05) is 57.2 Å². The minimum Gasteiger partial charge on any atom is -0.394 e. The highest BCUT2D eigenvalue weighted by Crippen LogP contribution is 2.22. The van der Waals surface area contributed by atoms with Gasteiger partial charge in [-0.2, -0.15) is 0 Å². The van der Waals surface area contributed by atoms with Gasteiger partial charge in [-0.05, 0) is 17.4 Å². The van der Waals surface area contributed by atoms with Crippen LogP contribution in [0.5, 0.6) is 0 Å². The van der Waals surface area contributed by atoms with Crippen LogP contribution < -0.4 is 5.32 Å². The van der Waals surface area contributed by atoms with Crippen LogP contribution in [-0.2, 0) is 4.79 Å². The highest BCUT2D eigenvalue weighted by Gasteiger charge is 2.21. The lowest BCUT2D eigenvalue weighted by atomic mass is 9.88. The molecule has 116 valence electrons. The van der Waals surface area contributed by atoms with Gasteiger partial charge >= 0.3 is 0 Å². The Labute approximate surface area is 128 Å². The second-order valence-corrected chi connectivity index (χ2v) is 6.67. The summed E-state index contributed by atoms with van der Waals surface area (Å²) in [5, 5.41) is 12.3. The summed E-state index contributed by atoms with van der Waals surface area (Å²) in [5.74, 6) is -0.0489. The summed E-state index contributed by atoms with van der Waals surface area (Å²) in [6.07, 6.45) is 2.90. The summed E-state index contributed by atoms with van der Waals surface area (Å²) < 4.78 is 0. The van der Waals surface area contributed by atoms with E-state index in [1.165, 1.54) is 0 Å². The normalized spacial score (nSPS) is 14.3. The van der Waals surface area contributed by atoms with Crippen LogP contribution in [0, 0.1) is 5.41 Å². The van der Waals surface area contributed by atoms with Crippen LogP contribution in [0.3, 0.4) is 0 Å². The summed E-state index contributed by atoms with van der Waals surface area (Å²) in [4.78, 5) is 12.2. The molecule has 1 aromatic carbocycles. The van der Waals surface area contributed by atoms with Crippen LogP contribution in [0.2, 0.25) is 0 Å². The highest BCUT2D eigenvalue weighted by molar-refractivity contribution is 5.77. The average Bonchev–Trinajstić information content (AvgIpc) is 2.43. The fraction of sp³-hybridized carbons (Fsp3) is 0.500. The zero-order chi connectivity index (χ0) is 15.9. The second kappa shape index (κ2) is 7.99. The Morgan fingerprint density at radius 3 is 2.43 bits per heavy atom. The predicted molar refractivity (Wildman–Crippen MR) is 87.1 cm³/mol. The van der Waals surface area contributed by atoms with Crippen LogP contribution in [0.25, 0.3) is 0 Å². The molecule has 2 unspecified atom stereocenters.